The smallest absolute Gasteiger partial charge is 0.00130 e. The van der Waals surface area contributed by atoms with Crippen LogP contribution in [0.15, 0.2) is 30.3 Å². The third kappa shape index (κ3) is 2.71. The van der Waals surface area contributed by atoms with E-state index in [2.05, 4.69) is 42.2 Å². The Hall–Kier alpha value is -0.820. The Morgan fingerprint density at radius 2 is 1.88 bits per heavy atom. The molecular weight excluding hydrogens is 206 g/mol. The van der Waals surface area contributed by atoms with Gasteiger partial charge in [-0.1, -0.05) is 37.3 Å². The molecule has 1 unspecified atom stereocenters. The van der Waals surface area contributed by atoms with E-state index in [1.807, 2.05) is 0 Å². The van der Waals surface area contributed by atoms with Crippen molar-refractivity contribution in [3.05, 3.63) is 35.9 Å². The SMILES string of the molecule is C[C@@H]1CN(CC2CC2)CCC1c1ccccc1. The van der Waals surface area contributed by atoms with Crippen LogP contribution in [0.1, 0.15) is 37.7 Å². The maximum atomic E-state index is 2.70. The van der Waals surface area contributed by atoms with Gasteiger partial charge in [0.25, 0.3) is 0 Å². The van der Waals surface area contributed by atoms with Crippen LogP contribution in [0.25, 0.3) is 0 Å². The molecule has 0 amide bonds. The van der Waals surface area contributed by atoms with E-state index in [9.17, 15) is 0 Å². The first-order valence-corrected chi connectivity index (χ1v) is 7.10. The highest BCUT2D eigenvalue weighted by Gasteiger charge is 2.30. The summed E-state index contributed by atoms with van der Waals surface area (Å²) < 4.78 is 0. The summed E-state index contributed by atoms with van der Waals surface area (Å²) in [4.78, 5) is 2.70. The van der Waals surface area contributed by atoms with Gasteiger partial charge in [0.15, 0.2) is 0 Å². The number of likely N-dealkylation sites (tertiary alicyclic amines) is 1. The van der Waals surface area contributed by atoms with Crippen LogP contribution in [0.4, 0.5) is 0 Å². The molecule has 1 heterocycles. The lowest BCUT2D eigenvalue weighted by molar-refractivity contribution is 0.157. The van der Waals surface area contributed by atoms with E-state index in [0.29, 0.717) is 0 Å². The largest absolute Gasteiger partial charge is 0.303 e. The molecule has 1 aliphatic carbocycles. The summed E-state index contributed by atoms with van der Waals surface area (Å²) in [5.41, 5.74) is 1.55. The molecule has 1 aliphatic heterocycles. The number of hydrogen-bond donors (Lipinski definition) is 0. The second-order valence-corrected chi connectivity index (χ2v) is 5.99. The van der Waals surface area contributed by atoms with Crippen molar-refractivity contribution in [2.45, 2.75) is 32.1 Å². The molecule has 1 aromatic rings. The molecule has 0 N–H and O–H groups in total. The Labute approximate surface area is 105 Å². The average Bonchev–Trinajstić information content (AvgIpc) is 3.14. The van der Waals surface area contributed by atoms with E-state index in [-0.39, 0.29) is 0 Å². The molecule has 1 nitrogen and oxygen atoms in total. The molecule has 2 fully saturated rings. The van der Waals surface area contributed by atoms with Gasteiger partial charge in [-0.3, -0.25) is 0 Å². The predicted octanol–water partition coefficient (Wildman–Crippen LogP) is 3.52. The monoisotopic (exact) mass is 229 g/mol. The zero-order chi connectivity index (χ0) is 11.7. The minimum Gasteiger partial charge on any atom is -0.303 e. The number of piperidine rings is 1. The van der Waals surface area contributed by atoms with Crippen molar-refractivity contribution in [1.29, 1.82) is 0 Å². The van der Waals surface area contributed by atoms with E-state index < -0.39 is 0 Å². The van der Waals surface area contributed by atoms with Gasteiger partial charge in [0.2, 0.25) is 0 Å². The first-order valence-electron chi connectivity index (χ1n) is 7.10. The maximum Gasteiger partial charge on any atom is 0.00130 e. The molecule has 0 radical (unpaired) electrons. The minimum absolute atomic E-state index is 0.784. The molecule has 1 saturated heterocycles. The maximum absolute atomic E-state index is 2.70. The van der Waals surface area contributed by atoms with E-state index in [1.165, 1.54) is 38.9 Å². The van der Waals surface area contributed by atoms with Gasteiger partial charge < -0.3 is 4.90 Å². The Morgan fingerprint density at radius 3 is 2.53 bits per heavy atom. The predicted molar refractivity (Wildman–Crippen MR) is 72.1 cm³/mol. The second-order valence-electron chi connectivity index (χ2n) is 5.99. The van der Waals surface area contributed by atoms with Crippen LogP contribution in [0.2, 0.25) is 0 Å². The average molecular weight is 229 g/mol. The molecule has 1 saturated carbocycles. The standard InChI is InChI=1S/C16H23N/c1-13-11-17(12-14-7-8-14)10-9-16(13)15-5-3-2-4-6-15/h2-6,13-14,16H,7-12H2,1H3/t13-,16?/m1/s1. The van der Waals surface area contributed by atoms with Crippen molar-refractivity contribution >= 4 is 0 Å². The van der Waals surface area contributed by atoms with Crippen molar-refractivity contribution in [2.24, 2.45) is 11.8 Å². The summed E-state index contributed by atoms with van der Waals surface area (Å²) in [6.45, 7) is 6.40. The highest BCUT2D eigenvalue weighted by atomic mass is 15.1. The summed E-state index contributed by atoms with van der Waals surface area (Å²) in [6.07, 6.45) is 4.30. The van der Waals surface area contributed by atoms with Crippen molar-refractivity contribution in [2.75, 3.05) is 19.6 Å². The molecule has 1 heteroatoms. The van der Waals surface area contributed by atoms with Crippen LogP contribution >= 0.6 is 0 Å². The van der Waals surface area contributed by atoms with Gasteiger partial charge in [-0.2, -0.15) is 0 Å². The first kappa shape index (κ1) is 11.3. The lowest BCUT2D eigenvalue weighted by Gasteiger charge is -2.37. The van der Waals surface area contributed by atoms with Gasteiger partial charge in [0, 0.05) is 13.1 Å². The molecule has 0 bridgehead atoms. The summed E-state index contributed by atoms with van der Waals surface area (Å²) in [6, 6.07) is 11.1. The molecule has 17 heavy (non-hydrogen) atoms. The number of benzene rings is 1. The highest BCUT2D eigenvalue weighted by Crippen LogP contribution is 2.35. The van der Waals surface area contributed by atoms with Crippen LogP contribution in [0, 0.1) is 11.8 Å². The lowest BCUT2D eigenvalue weighted by atomic mass is 9.81. The molecule has 1 aromatic carbocycles. The van der Waals surface area contributed by atoms with Gasteiger partial charge in [0.1, 0.15) is 0 Å². The summed E-state index contributed by atoms with van der Waals surface area (Å²) in [5.74, 6) is 2.63. The van der Waals surface area contributed by atoms with Crippen LogP contribution in [-0.2, 0) is 0 Å². The Balaban J connectivity index is 1.61. The van der Waals surface area contributed by atoms with E-state index >= 15 is 0 Å². The van der Waals surface area contributed by atoms with E-state index in [1.54, 1.807) is 5.56 Å². The van der Waals surface area contributed by atoms with Gasteiger partial charge >= 0.3 is 0 Å². The Bertz CT molecular complexity index is 355. The van der Waals surface area contributed by atoms with Crippen molar-refractivity contribution in [1.82, 2.24) is 4.90 Å². The third-order valence-electron chi connectivity index (χ3n) is 4.43. The molecular formula is C16H23N. The van der Waals surface area contributed by atoms with Crippen molar-refractivity contribution in [3.8, 4) is 0 Å². The minimum atomic E-state index is 0.784. The van der Waals surface area contributed by atoms with Crippen LogP contribution in [0.3, 0.4) is 0 Å². The van der Waals surface area contributed by atoms with E-state index in [4.69, 9.17) is 0 Å². The molecule has 2 atom stereocenters. The molecule has 0 spiro atoms. The fraction of sp³-hybridized carbons (Fsp3) is 0.625. The Kier molecular flexibility index (Phi) is 3.19. The molecule has 3 rings (SSSR count). The normalized spacial score (nSPS) is 30.4. The number of hydrogen-bond acceptors (Lipinski definition) is 1. The third-order valence-corrected chi connectivity index (χ3v) is 4.43. The zero-order valence-corrected chi connectivity index (χ0v) is 10.8. The topological polar surface area (TPSA) is 3.24 Å². The van der Waals surface area contributed by atoms with Crippen LogP contribution < -0.4 is 0 Å². The van der Waals surface area contributed by atoms with Crippen LogP contribution in [0.5, 0.6) is 0 Å². The van der Waals surface area contributed by atoms with Gasteiger partial charge in [0.05, 0.1) is 0 Å². The molecule has 0 aromatic heterocycles. The molecule has 2 aliphatic rings. The van der Waals surface area contributed by atoms with Gasteiger partial charge in [-0.05, 0) is 49.1 Å². The fourth-order valence-electron chi connectivity index (χ4n) is 3.26. The quantitative estimate of drug-likeness (QED) is 0.766. The van der Waals surface area contributed by atoms with Crippen molar-refractivity contribution in [3.63, 3.8) is 0 Å². The van der Waals surface area contributed by atoms with Crippen LogP contribution in [-0.4, -0.2) is 24.5 Å². The lowest BCUT2D eigenvalue weighted by Crippen LogP contribution is -2.39. The fourth-order valence-corrected chi connectivity index (χ4v) is 3.26. The van der Waals surface area contributed by atoms with Crippen molar-refractivity contribution < 1.29 is 0 Å². The zero-order valence-electron chi connectivity index (χ0n) is 10.8. The Morgan fingerprint density at radius 1 is 1.12 bits per heavy atom. The molecule has 92 valence electrons. The summed E-state index contributed by atoms with van der Waals surface area (Å²) in [5, 5.41) is 0. The summed E-state index contributed by atoms with van der Waals surface area (Å²) >= 11 is 0. The number of nitrogens with zero attached hydrogens (tertiary/aromatic N) is 1. The highest BCUT2D eigenvalue weighted by molar-refractivity contribution is 5.21. The van der Waals surface area contributed by atoms with E-state index in [0.717, 1.165) is 17.8 Å². The number of rotatable bonds is 3. The van der Waals surface area contributed by atoms with Gasteiger partial charge in [-0.15, -0.1) is 0 Å². The first-order chi connectivity index (χ1) is 8.33. The summed E-state index contributed by atoms with van der Waals surface area (Å²) in [7, 11) is 0. The second kappa shape index (κ2) is 4.81. The van der Waals surface area contributed by atoms with Gasteiger partial charge in [-0.25, -0.2) is 0 Å².